The highest BCUT2D eigenvalue weighted by molar-refractivity contribution is 7.93. The van der Waals surface area contributed by atoms with Gasteiger partial charge in [-0.3, -0.25) is 0 Å². The average molecular weight is 899 g/mol. The lowest BCUT2D eigenvalue weighted by atomic mass is 9.98. The molecule has 1 unspecified atom stereocenters. The molecule has 322 valence electrons. The second-order valence-corrected chi connectivity index (χ2v) is 19.1. The van der Waals surface area contributed by atoms with Gasteiger partial charge in [0, 0.05) is 24.7 Å². The molecule has 0 spiro atoms. The number of hydrogen-bond donors (Lipinski definition) is 3. The minimum atomic E-state index is -4.93. The summed E-state index contributed by atoms with van der Waals surface area (Å²) >= 11 is 1.23. The number of fused-ring (bicyclic) bond motifs is 1. The molecule has 2 aromatic heterocycles. The summed E-state index contributed by atoms with van der Waals surface area (Å²) in [7, 11) is -4.98. The molecule has 0 aliphatic rings. The summed E-state index contributed by atoms with van der Waals surface area (Å²) in [5.74, 6) is 0.748. The van der Waals surface area contributed by atoms with Crippen LogP contribution in [0.25, 0.3) is 32.7 Å². The van der Waals surface area contributed by atoms with Gasteiger partial charge in [0.05, 0.1) is 54.3 Å². The third kappa shape index (κ3) is 9.47. The molecular formula is C42H42N8O9S3. The van der Waals surface area contributed by atoms with Crippen LogP contribution in [0.15, 0.2) is 113 Å². The van der Waals surface area contributed by atoms with Crippen LogP contribution in [0, 0.1) is 0 Å². The molecule has 0 bridgehead atoms. The lowest BCUT2D eigenvalue weighted by Gasteiger charge is -2.26. The molecule has 1 amide bonds. The Balaban J connectivity index is 1.51. The third-order valence-corrected chi connectivity index (χ3v) is 14.6. The number of thiazole rings is 1. The number of para-hydroxylation sites is 1. The number of carbonyl (C=O) groups is 1. The summed E-state index contributed by atoms with van der Waals surface area (Å²) in [6.45, 7) is 1.06. The predicted molar refractivity (Wildman–Crippen MR) is 233 cm³/mol. The molecule has 17 nitrogen and oxygen atoms in total. The quantitative estimate of drug-likeness (QED) is 0.0939. The maximum absolute atomic E-state index is 15.9. The van der Waals surface area contributed by atoms with E-state index in [1.165, 1.54) is 53.7 Å². The van der Waals surface area contributed by atoms with Crippen molar-refractivity contribution in [2.45, 2.75) is 42.4 Å². The number of sulfonamides is 1. The Labute approximate surface area is 361 Å². The van der Waals surface area contributed by atoms with E-state index in [1.807, 2.05) is 18.2 Å². The van der Waals surface area contributed by atoms with Crippen LogP contribution >= 0.6 is 11.3 Å². The Morgan fingerprint density at radius 3 is 1.92 bits per heavy atom. The number of sulfone groups is 1. The number of ether oxygens (including phenoxy) is 3. The molecule has 4 N–H and O–H groups in total. The van der Waals surface area contributed by atoms with Crippen molar-refractivity contribution in [2.24, 2.45) is 0 Å². The van der Waals surface area contributed by atoms with Crippen LogP contribution in [-0.4, -0.2) is 90.7 Å². The van der Waals surface area contributed by atoms with Gasteiger partial charge in [-0.25, -0.2) is 26.6 Å². The van der Waals surface area contributed by atoms with Crippen LogP contribution < -0.4 is 25.3 Å². The highest BCUT2D eigenvalue weighted by Gasteiger charge is 2.38. The van der Waals surface area contributed by atoms with Crippen molar-refractivity contribution in [1.29, 1.82) is 0 Å². The second kappa shape index (κ2) is 18.2. The number of aromatic nitrogens is 5. The smallest absolute Gasteiger partial charge is 0.404 e. The van der Waals surface area contributed by atoms with Gasteiger partial charge in [-0.1, -0.05) is 65.9 Å². The summed E-state index contributed by atoms with van der Waals surface area (Å²) in [4.78, 5) is 16.2. The number of hydrogen-bond acceptors (Lipinski definition) is 14. The Bertz CT molecular complexity index is 2890. The van der Waals surface area contributed by atoms with E-state index in [4.69, 9.17) is 19.9 Å². The first-order valence-electron chi connectivity index (χ1n) is 18.9. The van der Waals surface area contributed by atoms with Crippen LogP contribution in [0.4, 0.5) is 9.93 Å². The van der Waals surface area contributed by atoms with Gasteiger partial charge in [-0.15, -0.1) is 10.2 Å². The van der Waals surface area contributed by atoms with E-state index in [0.717, 1.165) is 5.56 Å². The van der Waals surface area contributed by atoms with Gasteiger partial charge in [0.2, 0.25) is 15.8 Å². The summed E-state index contributed by atoms with van der Waals surface area (Å²) in [5.41, 5.74) is 9.01. The van der Waals surface area contributed by atoms with Gasteiger partial charge in [0.15, 0.2) is 15.0 Å². The van der Waals surface area contributed by atoms with Gasteiger partial charge in [-0.2, -0.15) is 9.10 Å². The lowest BCUT2D eigenvalue weighted by molar-refractivity contribution is 0.192. The number of tetrazole rings is 1. The first-order chi connectivity index (χ1) is 29.7. The maximum atomic E-state index is 15.9. The lowest BCUT2D eigenvalue weighted by Crippen LogP contribution is -2.37. The fraction of sp³-hybridized carbons (Fsp3) is 0.214. The van der Waals surface area contributed by atoms with E-state index < -0.39 is 47.5 Å². The van der Waals surface area contributed by atoms with E-state index in [0.29, 0.717) is 44.2 Å². The van der Waals surface area contributed by atoms with Crippen LogP contribution in [0.3, 0.4) is 0 Å². The molecule has 0 aliphatic carbocycles. The number of rotatable bonds is 17. The molecule has 5 aromatic carbocycles. The molecule has 0 aliphatic heterocycles. The van der Waals surface area contributed by atoms with Crippen molar-refractivity contribution in [3.63, 3.8) is 0 Å². The van der Waals surface area contributed by atoms with Crippen molar-refractivity contribution in [1.82, 2.24) is 34.8 Å². The maximum Gasteiger partial charge on any atom is 0.404 e. The van der Waals surface area contributed by atoms with E-state index in [2.05, 4.69) is 25.7 Å². The number of nitrogens with two attached hydrogens (primary N) is 1. The van der Waals surface area contributed by atoms with Crippen LogP contribution in [0.5, 0.6) is 17.2 Å². The number of nitrogens with one attached hydrogen (secondary N) is 1. The minimum absolute atomic E-state index is 0.115. The topological polar surface area (TPSA) is 231 Å². The molecule has 0 saturated carbocycles. The summed E-state index contributed by atoms with van der Waals surface area (Å²) < 4.78 is 79.0. The zero-order chi connectivity index (χ0) is 44.2. The first-order valence-corrected chi connectivity index (χ1v) is 22.8. The van der Waals surface area contributed by atoms with E-state index in [-0.39, 0.29) is 41.7 Å². The average Bonchev–Trinajstić information content (AvgIpc) is 3.88. The van der Waals surface area contributed by atoms with Crippen LogP contribution in [-0.2, 0) is 39.5 Å². The summed E-state index contributed by atoms with van der Waals surface area (Å²) in [6.07, 6.45) is -1.45. The zero-order valence-corrected chi connectivity index (χ0v) is 36.4. The molecule has 7 aromatic rings. The zero-order valence-electron chi connectivity index (χ0n) is 33.9. The van der Waals surface area contributed by atoms with Crippen molar-refractivity contribution in [3.8, 4) is 39.8 Å². The largest absolute Gasteiger partial charge is 0.497 e. The molecule has 20 heteroatoms. The molecule has 7 rings (SSSR count). The molecule has 1 atom stereocenters. The Morgan fingerprint density at radius 1 is 0.806 bits per heavy atom. The Hall–Kier alpha value is -6.61. The highest BCUT2D eigenvalue weighted by atomic mass is 32.2. The van der Waals surface area contributed by atoms with Gasteiger partial charge in [0.1, 0.15) is 22.1 Å². The monoisotopic (exact) mass is 898 g/mol. The van der Waals surface area contributed by atoms with E-state index in [1.54, 1.807) is 79.9 Å². The van der Waals surface area contributed by atoms with Crippen LogP contribution in [0.2, 0.25) is 0 Å². The number of benzene rings is 5. The van der Waals surface area contributed by atoms with E-state index in [9.17, 15) is 18.3 Å². The third-order valence-electron chi connectivity index (χ3n) is 9.81. The SMILES string of the molecule is COc1ccc(CN(Cc2ccc(OC)cc2)S(=O)(=O)c2c(S(=O)(=O)CC(C)NC(=O)O)ccc(-c3cccc4sc(N)nc34)c2-c2nnn(Cc3ccc(OC)cc3)n2)cc1. The predicted octanol–water partition coefficient (Wildman–Crippen LogP) is 6.09. The van der Waals surface area contributed by atoms with Gasteiger partial charge < -0.3 is 30.4 Å². The Kier molecular flexibility index (Phi) is 12.7. The van der Waals surface area contributed by atoms with Crippen molar-refractivity contribution in [3.05, 3.63) is 120 Å². The number of nitrogen functional groups attached to an aromatic ring is 1. The molecule has 0 radical (unpaired) electrons. The van der Waals surface area contributed by atoms with Crippen molar-refractivity contribution >= 4 is 52.6 Å². The Morgan fingerprint density at radius 2 is 1.37 bits per heavy atom. The van der Waals surface area contributed by atoms with Gasteiger partial charge >= 0.3 is 6.09 Å². The number of amides is 1. The van der Waals surface area contributed by atoms with Crippen molar-refractivity contribution < 1.29 is 40.9 Å². The van der Waals surface area contributed by atoms with E-state index >= 15 is 8.42 Å². The van der Waals surface area contributed by atoms with Crippen LogP contribution in [0.1, 0.15) is 23.6 Å². The minimum Gasteiger partial charge on any atom is -0.497 e. The number of methoxy groups -OCH3 is 3. The molecular weight excluding hydrogens is 857 g/mol. The molecule has 62 heavy (non-hydrogen) atoms. The van der Waals surface area contributed by atoms with Gasteiger partial charge in [0.25, 0.3) is 0 Å². The number of nitrogens with zero attached hydrogens (tertiary/aromatic N) is 6. The van der Waals surface area contributed by atoms with Gasteiger partial charge in [-0.05, 0) is 82.9 Å². The fourth-order valence-corrected chi connectivity index (χ4v) is 11.6. The fourth-order valence-electron chi connectivity index (χ4n) is 6.89. The highest BCUT2D eigenvalue weighted by Crippen LogP contribution is 2.44. The molecule has 0 saturated heterocycles. The second-order valence-electron chi connectivity index (χ2n) is 14.1. The summed E-state index contributed by atoms with van der Waals surface area (Å²) in [6, 6.07) is 27.6. The first kappa shape index (κ1) is 43.5. The number of carboxylic acid groups (broad SMARTS) is 1. The molecule has 0 fully saturated rings. The van der Waals surface area contributed by atoms with Crippen molar-refractivity contribution in [2.75, 3.05) is 32.8 Å². The standard InChI is InChI=1S/C42H42N8O9S3/c1-26(44-42(51)52)25-61(53,54)36-21-20-33(34-6-5-7-35-38(34)45-41(43)60-35)37(40-46-48-50(47-40)24-29-12-18-32(59-4)19-13-29)39(36)62(55,56)49(22-27-8-14-30(57-2)15-9-27)23-28-10-16-31(58-3)17-11-28/h5-21,26,44H,22-25H2,1-4H3,(H2,43,45)(H,51,52). The summed E-state index contributed by atoms with van der Waals surface area (Å²) in [5, 5.41) is 25.2. The normalized spacial score (nSPS) is 12.3. The molecule has 2 heterocycles. The number of anilines is 1.